The fourth-order valence-corrected chi connectivity index (χ4v) is 6.83. The Morgan fingerprint density at radius 3 is 2.58 bits per heavy atom. The monoisotopic (exact) mass is 518 g/mol. The third kappa shape index (κ3) is 4.20. The second kappa shape index (κ2) is 9.08. The summed E-state index contributed by atoms with van der Waals surface area (Å²) in [7, 11) is 0. The number of aromatic nitrogens is 4. The number of imidazole rings is 1. The van der Waals surface area contributed by atoms with Gasteiger partial charge in [-0.15, -0.1) is 0 Å². The number of carbonyl (C=O) groups is 1. The summed E-state index contributed by atoms with van der Waals surface area (Å²) in [6.45, 7) is 7.01. The first-order valence-corrected chi connectivity index (χ1v) is 13.7. The van der Waals surface area contributed by atoms with Crippen LogP contribution in [0.2, 0.25) is 0 Å². The van der Waals surface area contributed by atoms with Gasteiger partial charge < -0.3 is 19.5 Å². The summed E-state index contributed by atoms with van der Waals surface area (Å²) in [4.78, 5) is 28.6. The first kappa shape index (κ1) is 24.1. The van der Waals surface area contributed by atoms with Crippen molar-refractivity contribution in [1.82, 2.24) is 24.4 Å². The number of anilines is 1. The fourth-order valence-electron chi connectivity index (χ4n) is 6.83. The van der Waals surface area contributed by atoms with Gasteiger partial charge in [0.05, 0.1) is 6.33 Å². The molecule has 4 fully saturated rings. The normalized spacial score (nSPS) is 29.8. The molecule has 1 aliphatic carbocycles. The van der Waals surface area contributed by atoms with Crippen LogP contribution in [0.5, 0.6) is 0 Å². The molecule has 10 nitrogen and oxygen atoms in total. The van der Waals surface area contributed by atoms with Crippen LogP contribution >= 0.6 is 0 Å². The lowest BCUT2D eigenvalue weighted by Gasteiger charge is -2.53. The van der Waals surface area contributed by atoms with E-state index in [9.17, 15) is 4.79 Å². The predicted octanol–water partition coefficient (Wildman–Crippen LogP) is 3.76. The molecule has 3 aliphatic heterocycles. The Kier molecular flexibility index (Phi) is 5.77. The second-order valence-electron chi connectivity index (χ2n) is 11.7. The number of amides is 1. The highest BCUT2D eigenvalue weighted by molar-refractivity contribution is 6.06. The van der Waals surface area contributed by atoms with E-state index >= 15 is 0 Å². The molecule has 0 bridgehead atoms. The van der Waals surface area contributed by atoms with Crippen LogP contribution in [0.4, 0.5) is 5.82 Å². The molecule has 38 heavy (non-hydrogen) atoms. The molecule has 1 saturated carbocycles. The highest BCUT2D eigenvalue weighted by Crippen LogP contribution is 2.47. The Labute approximate surface area is 221 Å². The van der Waals surface area contributed by atoms with Gasteiger partial charge in [-0.1, -0.05) is 37.5 Å². The number of nitrogens with one attached hydrogen (secondary N) is 1. The van der Waals surface area contributed by atoms with Crippen molar-refractivity contribution in [3.63, 3.8) is 0 Å². The molecule has 2 aromatic heterocycles. The summed E-state index contributed by atoms with van der Waals surface area (Å²) in [5, 5.41) is 2.87. The highest BCUT2D eigenvalue weighted by atomic mass is 16.8. The first-order valence-electron chi connectivity index (χ1n) is 13.7. The smallest absolute Gasteiger partial charge is 0.256 e. The summed E-state index contributed by atoms with van der Waals surface area (Å²) >= 11 is 0. The molecular formula is C28H34N6O4. The molecule has 200 valence electrons. The minimum atomic E-state index is -0.699. The van der Waals surface area contributed by atoms with E-state index in [0.717, 1.165) is 19.6 Å². The SMILES string of the molecule is CC1(C)O[C@@H]2[C@H](O1)[C@@H](CN1CC3(CCCCC3)C1)O[C@H]2n1cnc2c(NC(=O)c3ccccc3)ncnc21. The third-order valence-corrected chi connectivity index (χ3v) is 8.50. The van der Waals surface area contributed by atoms with Gasteiger partial charge in [0, 0.05) is 25.2 Å². The quantitative estimate of drug-likeness (QED) is 0.545. The van der Waals surface area contributed by atoms with E-state index < -0.39 is 12.0 Å². The van der Waals surface area contributed by atoms with Crippen molar-refractivity contribution < 1.29 is 19.0 Å². The summed E-state index contributed by atoms with van der Waals surface area (Å²) in [5.74, 6) is -0.594. The van der Waals surface area contributed by atoms with Crippen molar-refractivity contribution in [3.8, 4) is 0 Å². The number of carbonyl (C=O) groups excluding carboxylic acids is 1. The van der Waals surface area contributed by atoms with E-state index in [4.69, 9.17) is 14.2 Å². The number of benzene rings is 1. The number of hydrogen-bond donors (Lipinski definition) is 1. The Hall–Kier alpha value is -2.92. The molecule has 10 heteroatoms. The number of nitrogens with zero attached hydrogens (tertiary/aromatic N) is 5. The summed E-state index contributed by atoms with van der Waals surface area (Å²) < 4.78 is 21.2. The number of likely N-dealkylation sites (tertiary alicyclic amines) is 1. The van der Waals surface area contributed by atoms with Gasteiger partial charge in [0.25, 0.3) is 5.91 Å². The molecule has 1 spiro atoms. The van der Waals surface area contributed by atoms with Crippen molar-refractivity contribution in [3.05, 3.63) is 48.5 Å². The van der Waals surface area contributed by atoms with Crippen LogP contribution in [0.1, 0.15) is 62.5 Å². The van der Waals surface area contributed by atoms with Gasteiger partial charge in [0.2, 0.25) is 0 Å². The molecule has 0 radical (unpaired) electrons. The van der Waals surface area contributed by atoms with Crippen LogP contribution in [0.25, 0.3) is 11.2 Å². The maximum atomic E-state index is 12.8. The van der Waals surface area contributed by atoms with Crippen LogP contribution in [0, 0.1) is 5.41 Å². The van der Waals surface area contributed by atoms with Gasteiger partial charge in [-0.05, 0) is 44.2 Å². The maximum Gasteiger partial charge on any atom is 0.256 e. The molecule has 4 atom stereocenters. The van der Waals surface area contributed by atoms with E-state index in [-0.39, 0.29) is 24.2 Å². The number of fused-ring (bicyclic) bond motifs is 2. The van der Waals surface area contributed by atoms with Crippen LogP contribution in [-0.4, -0.2) is 74.1 Å². The minimum absolute atomic E-state index is 0.121. The third-order valence-electron chi connectivity index (χ3n) is 8.50. The summed E-state index contributed by atoms with van der Waals surface area (Å²) in [5.41, 5.74) is 2.13. The Morgan fingerprint density at radius 2 is 1.79 bits per heavy atom. The van der Waals surface area contributed by atoms with Crippen molar-refractivity contribution in [1.29, 1.82) is 0 Å². The van der Waals surface area contributed by atoms with Crippen LogP contribution < -0.4 is 5.32 Å². The van der Waals surface area contributed by atoms with Gasteiger partial charge in [-0.25, -0.2) is 15.0 Å². The fraction of sp³-hybridized carbons (Fsp3) is 0.571. The summed E-state index contributed by atoms with van der Waals surface area (Å²) in [6.07, 6.45) is 8.85. The zero-order valence-electron chi connectivity index (χ0n) is 21.9. The predicted molar refractivity (Wildman–Crippen MR) is 139 cm³/mol. The Bertz CT molecular complexity index is 1330. The van der Waals surface area contributed by atoms with Gasteiger partial charge >= 0.3 is 0 Å². The van der Waals surface area contributed by atoms with E-state index in [0.29, 0.717) is 28.0 Å². The van der Waals surface area contributed by atoms with Crippen molar-refractivity contribution in [2.75, 3.05) is 25.0 Å². The lowest BCUT2D eigenvalue weighted by molar-refractivity contribution is -0.201. The van der Waals surface area contributed by atoms with E-state index in [1.165, 1.54) is 38.4 Å². The molecule has 3 saturated heterocycles. The van der Waals surface area contributed by atoms with Gasteiger partial charge in [-0.3, -0.25) is 14.3 Å². The van der Waals surface area contributed by atoms with Crippen LogP contribution in [-0.2, 0) is 14.2 Å². The number of hydrogen-bond acceptors (Lipinski definition) is 8. The largest absolute Gasteiger partial charge is 0.348 e. The van der Waals surface area contributed by atoms with Gasteiger partial charge in [0.1, 0.15) is 24.6 Å². The van der Waals surface area contributed by atoms with E-state index in [2.05, 4.69) is 25.2 Å². The molecule has 0 unspecified atom stereocenters. The number of rotatable bonds is 5. The maximum absolute atomic E-state index is 12.8. The Balaban J connectivity index is 1.12. The zero-order chi connectivity index (χ0) is 25.9. The first-order chi connectivity index (χ1) is 18.4. The topological polar surface area (TPSA) is 104 Å². The lowest BCUT2D eigenvalue weighted by atomic mass is 9.68. The van der Waals surface area contributed by atoms with Crippen molar-refractivity contribution >= 4 is 22.9 Å². The van der Waals surface area contributed by atoms with Gasteiger partial charge in [-0.2, -0.15) is 0 Å². The number of ether oxygens (including phenoxy) is 3. The molecular weight excluding hydrogens is 484 g/mol. The van der Waals surface area contributed by atoms with Crippen molar-refractivity contribution in [2.45, 2.75) is 76.3 Å². The second-order valence-corrected chi connectivity index (χ2v) is 11.7. The molecule has 1 aromatic carbocycles. The van der Waals surface area contributed by atoms with Gasteiger partial charge in [0.15, 0.2) is 29.0 Å². The standard InChI is InChI=1S/C28H34N6O4/c1-27(2)37-21-19(13-33-14-28(15-33)11-7-4-8-12-28)36-26(22(21)38-27)34-17-31-20-23(29-16-30-24(20)34)32-25(35)18-9-5-3-6-10-18/h3,5-6,9-10,16-17,19,21-22,26H,4,7-8,11-15H2,1-2H3,(H,29,30,32,35)/t19-,21-,22-,26-/m1/s1. The van der Waals surface area contributed by atoms with E-state index in [1.807, 2.05) is 36.6 Å². The van der Waals surface area contributed by atoms with E-state index in [1.54, 1.807) is 18.5 Å². The Morgan fingerprint density at radius 1 is 1.03 bits per heavy atom. The average Bonchev–Trinajstić information content (AvgIpc) is 3.56. The lowest BCUT2D eigenvalue weighted by Crippen LogP contribution is -2.59. The summed E-state index contributed by atoms with van der Waals surface area (Å²) in [6, 6.07) is 9.03. The average molecular weight is 519 g/mol. The zero-order valence-corrected chi connectivity index (χ0v) is 21.9. The highest BCUT2D eigenvalue weighted by Gasteiger charge is 2.57. The molecule has 1 N–H and O–H groups in total. The molecule has 7 rings (SSSR count). The molecule has 5 heterocycles. The van der Waals surface area contributed by atoms with Crippen LogP contribution in [0.15, 0.2) is 43.0 Å². The molecule has 3 aromatic rings. The van der Waals surface area contributed by atoms with Crippen LogP contribution in [0.3, 0.4) is 0 Å². The molecule has 1 amide bonds. The minimum Gasteiger partial charge on any atom is -0.348 e. The van der Waals surface area contributed by atoms with Crippen molar-refractivity contribution in [2.24, 2.45) is 5.41 Å². The molecule has 4 aliphatic rings.